The summed E-state index contributed by atoms with van der Waals surface area (Å²) in [5.74, 6) is 2.23. The normalized spacial score (nSPS) is 10.1. The molecule has 0 heterocycles. The fraction of sp³-hybridized carbons (Fsp3) is 0.294. The molecule has 0 radical (unpaired) electrons. The molecule has 0 atom stereocenters. The van der Waals surface area contributed by atoms with E-state index in [-0.39, 0.29) is 0 Å². The van der Waals surface area contributed by atoms with Gasteiger partial charge in [0.1, 0.15) is 30.5 Å². The van der Waals surface area contributed by atoms with Crippen LogP contribution in [-0.4, -0.2) is 19.8 Å². The lowest BCUT2D eigenvalue weighted by molar-refractivity contribution is 0.216. The second-order valence-electron chi connectivity index (χ2n) is 4.56. The molecule has 0 amide bonds. The number of nitrogen functional groups attached to an aromatic ring is 1. The Morgan fingerprint density at radius 2 is 1.52 bits per heavy atom. The summed E-state index contributed by atoms with van der Waals surface area (Å²) >= 11 is 0. The van der Waals surface area contributed by atoms with Crippen LogP contribution in [0.25, 0.3) is 0 Å². The van der Waals surface area contributed by atoms with Crippen molar-refractivity contribution in [3.8, 4) is 17.2 Å². The molecule has 2 rings (SSSR count). The van der Waals surface area contributed by atoms with Gasteiger partial charge in [0.2, 0.25) is 0 Å². The van der Waals surface area contributed by atoms with Crippen LogP contribution in [0.2, 0.25) is 0 Å². The first-order valence-electron chi connectivity index (χ1n) is 7.12. The van der Waals surface area contributed by atoms with Gasteiger partial charge in [0.05, 0.1) is 12.3 Å². The van der Waals surface area contributed by atoms with E-state index in [0.717, 1.165) is 17.9 Å². The number of rotatable bonds is 8. The Morgan fingerprint density at radius 1 is 0.810 bits per heavy atom. The highest BCUT2D eigenvalue weighted by molar-refractivity contribution is 5.55. The minimum atomic E-state index is 0.464. The Hall–Kier alpha value is -2.36. The van der Waals surface area contributed by atoms with Crippen molar-refractivity contribution in [3.63, 3.8) is 0 Å². The molecule has 0 spiro atoms. The van der Waals surface area contributed by atoms with Gasteiger partial charge in [-0.25, -0.2) is 0 Å². The maximum Gasteiger partial charge on any atom is 0.145 e. The third-order valence-electron chi connectivity index (χ3n) is 2.81. The van der Waals surface area contributed by atoms with Gasteiger partial charge in [-0.05, 0) is 30.7 Å². The zero-order valence-electron chi connectivity index (χ0n) is 12.2. The number of hydrogen-bond acceptors (Lipinski definition) is 4. The summed E-state index contributed by atoms with van der Waals surface area (Å²) in [7, 11) is 0. The molecule has 0 saturated heterocycles. The number of ether oxygens (including phenoxy) is 3. The number of nitrogens with two attached hydrogens (primary N) is 1. The molecule has 0 aromatic heterocycles. The summed E-state index contributed by atoms with van der Waals surface area (Å²) < 4.78 is 16.8. The third kappa shape index (κ3) is 4.91. The van der Waals surface area contributed by atoms with Crippen LogP contribution < -0.4 is 19.9 Å². The molecule has 0 bridgehead atoms. The van der Waals surface area contributed by atoms with Gasteiger partial charge in [-0.3, -0.25) is 0 Å². The van der Waals surface area contributed by atoms with Gasteiger partial charge in [-0.2, -0.15) is 0 Å². The Bertz CT molecular complexity index is 543. The van der Waals surface area contributed by atoms with E-state index in [9.17, 15) is 0 Å². The molecule has 0 saturated carbocycles. The second-order valence-corrected chi connectivity index (χ2v) is 4.56. The quantitative estimate of drug-likeness (QED) is 0.596. The maximum atomic E-state index is 5.86. The van der Waals surface area contributed by atoms with E-state index in [1.807, 2.05) is 42.5 Å². The first kappa shape index (κ1) is 15.0. The van der Waals surface area contributed by atoms with Gasteiger partial charge in [0.25, 0.3) is 0 Å². The summed E-state index contributed by atoms with van der Waals surface area (Å²) in [5, 5.41) is 0. The highest BCUT2D eigenvalue weighted by atomic mass is 16.5. The topological polar surface area (TPSA) is 53.7 Å². The van der Waals surface area contributed by atoms with E-state index < -0.39 is 0 Å². The second kappa shape index (κ2) is 8.04. The van der Waals surface area contributed by atoms with Crippen molar-refractivity contribution < 1.29 is 14.2 Å². The molecule has 2 aromatic carbocycles. The molecule has 21 heavy (non-hydrogen) atoms. The monoisotopic (exact) mass is 287 g/mol. The lowest BCUT2D eigenvalue weighted by Gasteiger charge is -2.11. The molecule has 4 heteroatoms. The molecular weight excluding hydrogens is 266 g/mol. The van der Waals surface area contributed by atoms with E-state index in [2.05, 4.69) is 6.92 Å². The van der Waals surface area contributed by atoms with Gasteiger partial charge in [0.15, 0.2) is 0 Å². The molecule has 2 N–H and O–H groups in total. The molecule has 112 valence electrons. The molecule has 0 unspecified atom stereocenters. The van der Waals surface area contributed by atoms with Crippen molar-refractivity contribution in [3.05, 3.63) is 48.5 Å². The number of benzene rings is 2. The Morgan fingerprint density at radius 3 is 2.24 bits per heavy atom. The Balaban J connectivity index is 1.80. The predicted octanol–water partition coefficient (Wildman–Crippen LogP) is 3.52. The standard InChI is InChI=1S/C17H21NO3/c1-2-10-21-17-13-15(8-9-16(17)18)20-12-11-19-14-6-4-3-5-7-14/h3-9,13H,2,10-12,18H2,1H3. The van der Waals surface area contributed by atoms with Crippen molar-refractivity contribution in [2.45, 2.75) is 13.3 Å². The van der Waals surface area contributed by atoms with Gasteiger partial charge in [-0.1, -0.05) is 25.1 Å². The smallest absolute Gasteiger partial charge is 0.145 e. The first-order chi connectivity index (χ1) is 10.3. The van der Waals surface area contributed by atoms with Crippen LogP contribution >= 0.6 is 0 Å². The van der Waals surface area contributed by atoms with Crippen LogP contribution in [0.3, 0.4) is 0 Å². The van der Waals surface area contributed by atoms with E-state index >= 15 is 0 Å². The summed E-state index contributed by atoms with van der Waals surface area (Å²) in [6.07, 6.45) is 0.940. The van der Waals surface area contributed by atoms with Crippen molar-refractivity contribution >= 4 is 5.69 Å². The molecular formula is C17H21NO3. The molecule has 0 aliphatic carbocycles. The van der Waals surface area contributed by atoms with Crippen molar-refractivity contribution in [2.75, 3.05) is 25.6 Å². The largest absolute Gasteiger partial charge is 0.491 e. The van der Waals surface area contributed by atoms with E-state index in [0.29, 0.717) is 31.3 Å². The fourth-order valence-corrected chi connectivity index (χ4v) is 1.78. The Kier molecular flexibility index (Phi) is 5.76. The molecule has 0 fully saturated rings. The summed E-state index contributed by atoms with van der Waals surface area (Å²) in [6, 6.07) is 15.1. The molecule has 4 nitrogen and oxygen atoms in total. The maximum absolute atomic E-state index is 5.86. The third-order valence-corrected chi connectivity index (χ3v) is 2.81. The lowest BCUT2D eigenvalue weighted by Crippen LogP contribution is -2.09. The van der Waals surface area contributed by atoms with Crippen LogP contribution in [0.4, 0.5) is 5.69 Å². The van der Waals surface area contributed by atoms with E-state index in [1.54, 1.807) is 6.07 Å². The van der Waals surface area contributed by atoms with Crippen LogP contribution in [0.15, 0.2) is 48.5 Å². The zero-order chi connectivity index (χ0) is 14.9. The molecule has 2 aromatic rings. The minimum absolute atomic E-state index is 0.464. The lowest BCUT2D eigenvalue weighted by atomic mass is 10.3. The molecule has 0 aliphatic rings. The number of hydrogen-bond donors (Lipinski definition) is 1. The van der Waals surface area contributed by atoms with Crippen LogP contribution in [0, 0.1) is 0 Å². The average molecular weight is 287 g/mol. The minimum Gasteiger partial charge on any atom is -0.491 e. The molecule has 0 aliphatic heterocycles. The number of anilines is 1. The number of para-hydroxylation sites is 1. The van der Waals surface area contributed by atoms with E-state index in [1.165, 1.54) is 0 Å². The van der Waals surface area contributed by atoms with Gasteiger partial charge in [0, 0.05) is 6.07 Å². The van der Waals surface area contributed by atoms with Gasteiger partial charge >= 0.3 is 0 Å². The highest BCUT2D eigenvalue weighted by Gasteiger charge is 2.03. The first-order valence-corrected chi connectivity index (χ1v) is 7.12. The van der Waals surface area contributed by atoms with Gasteiger partial charge in [-0.15, -0.1) is 0 Å². The Labute approximate surface area is 125 Å². The average Bonchev–Trinajstić information content (AvgIpc) is 2.52. The van der Waals surface area contributed by atoms with Crippen molar-refractivity contribution in [2.24, 2.45) is 0 Å². The summed E-state index contributed by atoms with van der Waals surface area (Å²) in [6.45, 7) is 3.65. The van der Waals surface area contributed by atoms with E-state index in [4.69, 9.17) is 19.9 Å². The van der Waals surface area contributed by atoms with Crippen LogP contribution in [-0.2, 0) is 0 Å². The van der Waals surface area contributed by atoms with Gasteiger partial charge < -0.3 is 19.9 Å². The zero-order valence-corrected chi connectivity index (χ0v) is 12.2. The predicted molar refractivity (Wildman–Crippen MR) is 84.1 cm³/mol. The van der Waals surface area contributed by atoms with Crippen LogP contribution in [0.5, 0.6) is 17.2 Å². The van der Waals surface area contributed by atoms with Crippen LogP contribution in [0.1, 0.15) is 13.3 Å². The SMILES string of the molecule is CCCOc1cc(OCCOc2ccccc2)ccc1N. The van der Waals surface area contributed by atoms with Crippen molar-refractivity contribution in [1.82, 2.24) is 0 Å². The summed E-state index contributed by atoms with van der Waals surface area (Å²) in [4.78, 5) is 0. The highest BCUT2D eigenvalue weighted by Crippen LogP contribution is 2.27. The fourth-order valence-electron chi connectivity index (χ4n) is 1.78. The van der Waals surface area contributed by atoms with Crippen molar-refractivity contribution in [1.29, 1.82) is 0 Å². The summed E-state index contributed by atoms with van der Waals surface area (Å²) in [5.41, 5.74) is 6.48.